The van der Waals surface area contributed by atoms with Crippen LogP contribution in [-0.4, -0.2) is 23.7 Å². The summed E-state index contributed by atoms with van der Waals surface area (Å²) < 4.78 is 42.6. The van der Waals surface area contributed by atoms with Gasteiger partial charge in [-0.3, -0.25) is 4.79 Å². The van der Waals surface area contributed by atoms with Crippen LogP contribution in [-0.2, 0) is 11.2 Å². The lowest BCUT2D eigenvalue weighted by Crippen LogP contribution is -2.19. The lowest BCUT2D eigenvalue weighted by molar-refractivity contribution is -0.153. The summed E-state index contributed by atoms with van der Waals surface area (Å²) >= 11 is 1.65. The number of nitriles is 1. The van der Waals surface area contributed by atoms with Crippen LogP contribution in [0.25, 0.3) is 10.2 Å². The Morgan fingerprint density at radius 1 is 1.20 bits per heavy atom. The van der Waals surface area contributed by atoms with Crippen LogP contribution in [0.1, 0.15) is 29.8 Å². The second-order valence-corrected chi connectivity index (χ2v) is 7.67. The average Bonchev–Trinajstić information content (AvgIpc) is 3.12. The summed E-state index contributed by atoms with van der Waals surface area (Å²) in [6.45, 7) is -1.48. The van der Waals surface area contributed by atoms with Crippen LogP contribution in [0.15, 0.2) is 42.5 Å². The van der Waals surface area contributed by atoms with Crippen LogP contribution < -0.4 is 10.1 Å². The van der Waals surface area contributed by atoms with Gasteiger partial charge in [0.25, 0.3) is 0 Å². The van der Waals surface area contributed by atoms with Gasteiger partial charge in [0.05, 0.1) is 20.8 Å². The number of anilines is 1. The van der Waals surface area contributed by atoms with E-state index in [1.165, 1.54) is 18.2 Å². The van der Waals surface area contributed by atoms with Crippen molar-refractivity contribution in [1.29, 1.82) is 5.26 Å². The van der Waals surface area contributed by atoms with Crippen molar-refractivity contribution in [3.63, 3.8) is 0 Å². The highest BCUT2D eigenvalue weighted by Gasteiger charge is 2.28. The largest absolute Gasteiger partial charge is 0.483 e. The van der Waals surface area contributed by atoms with Gasteiger partial charge in [-0.05, 0) is 49.6 Å². The molecular formula is C21H18F3N3O2S. The maximum absolute atomic E-state index is 12.3. The van der Waals surface area contributed by atoms with Gasteiger partial charge in [-0.15, -0.1) is 11.3 Å². The van der Waals surface area contributed by atoms with Crippen LogP contribution in [0, 0.1) is 11.3 Å². The van der Waals surface area contributed by atoms with Crippen LogP contribution >= 0.6 is 11.3 Å². The highest BCUT2D eigenvalue weighted by atomic mass is 32.1. The number of nitrogens with one attached hydrogen (secondary N) is 1. The summed E-state index contributed by atoms with van der Waals surface area (Å²) in [6.07, 6.45) is -1.94. The van der Waals surface area contributed by atoms with E-state index in [1.54, 1.807) is 17.4 Å². The van der Waals surface area contributed by atoms with Crippen LogP contribution in [0.3, 0.4) is 0 Å². The molecule has 9 heteroatoms. The molecule has 0 aliphatic heterocycles. The van der Waals surface area contributed by atoms with Crippen molar-refractivity contribution in [2.24, 2.45) is 0 Å². The first-order valence-electron chi connectivity index (χ1n) is 9.22. The molecule has 30 heavy (non-hydrogen) atoms. The number of carbonyl (C=O) groups is 1. The predicted molar refractivity (Wildman–Crippen MR) is 109 cm³/mol. The second kappa shape index (κ2) is 9.59. The Morgan fingerprint density at radius 3 is 2.73 bits per heavy atom. The van der Waals surface area contributed by atoms with Gasteiger partial charge in [-0.2, -0.15) is 18.4 Å². The summed E-state index contributed by atoms with van der Waals surface area (Å²) in [5, 5.41) is 12.8. The molecule has 0 saturated carbocycles. The van der Waals surface area contributed by atoms with Crippen LogP contribution in [0.2, 0.25) is 0 Å². The van der Waals surface area contributed by atoms with Gasteiger partial charge >= 0.3 is 6.18 Å². The van der Waals surface area contributed by atoms with Gasteiger partial charge in [0.15, 0.2) is 6.61 Å². The number of nitrogens with zero attached hydrogens (tertiary/aromatic N) is 2. The van der Waals surface area contributed by atoms with Crippen molar-refractivity contribution in [1.82, 2.24) is 4.98 Å². The zero-order chi connectivity index (χ0) is 21.6. The van der Waals surface area contributed by atoms with E-state index in [-0.39, 0.29) is 17.2 Å². The van der Waals surface area contributed by atoms with Gasteiger partial charge < -0.3 is 10.1 Å². The smallest absolute Gasteiger partial charge is 0.422 e. The molecule has 5 nitrogen and oxygen atoms in total. The minimum absolute atomic E-state index is 0.0760. The normalized spacial score (nSPS) is 11.3. The minimum Gasteiger partial charge on any atom is -0.483 e. The fourth-order valence-corrected chi connectivity index (χ4v) is 3.80. The number of rotatable bonds is 8. The van der Waals surface area contributed by atoms with E-state index in [0.717, 1.165) is 28.1 Å². The van der Waals surface area contributed by atoms with E-state index in [1.807, 2.05) is 24.3 Å². The molecule has 0 fully saturated rings. The van der Waals surface area contributed by atoms with Crippen molar-refractivity contribution < 1.29 is 22.7 Å². The number of thiazole rings is 1. The Morgan fingerprint density at radius 2 is 2.00 bits per heavy atom. The van der Waals surface area contributed by atoms with Gasteiger partial charge in [0.2, 0.25) is 5.91 Å². The summed E-state index contributed by atoms with van der Waals surface area (Å²) in [5.74, 6) is -0.407. The van der Waals surface area contributed by atoms with Crippen LogP contribution in [0.4, 0.5) is 18.9 Å². The number of amides is 1. The molecule has 1 aromatic heterocycles. The molecule has 0 bridgehead atoms. The Labute approximate surface area is 175 Å². The standard InChI is InChI=1S/C21H18F3N3O2S/c22-21(23,24)13-29-17-10-9-15(11-14(17)12-25)26-19(28)7-3-4-8-20-27-16-5-1-2-6-18(16)30-20/h1-2,5-6,9-11H,3-4,7-8,13H2,(H,26,28). The summed E-state index contributed by atoms with van der Waals surface area (Å²) in [4.78, 5) is 16.7. The molecule has 0 saturated heterocycles. The van der Waals surface area contributed by atoms with E-state index in [0.29, 0.717) is 18.5 Å². The Balaban J connectivity index is 1.46. The number of hydrogen-bond donors (Lipinski definition) is 1. The van der Waals surface area contributed by atoms with Crippen molar-refractivity contribution in [3.8, 4) is 11.8 Å². The molecule has 3 aromatic rings. The average molecular weight is 433 g/mol. The maximum Gasteiger partial charge on any atom is 0.422 e. The number of unbranched alkanes of at least 4 members (excludes halogenated alkanes) is 1. The predicted octanol–water partition coefficient (Wildman–Crippen LogP) is 5.46. The Kier molecular flexibility index (Phi) is 6.90. The molecule has 0 unspecified atom stereocenters. The summed E-state index contributed by atoms with van der Waals surface area (Å²) in [5.41, 5.74) is 1.24. The first-order chi connectivity index (χ1) is 14.3. The summed E-state index contributed by atoms with van der Waals surface area (Å²) in [7, 11) is 0. The quantitative estimate of drug-likeness (QED) is 0.479. The van der Waals surface area contributed by atoms with Gasteiger partial charge in [-0.1, -0.05) is 12.1 Å². The molecule has 0 radical (unpaired) electrons. The number of alkyl halides is 3. The van der Waals surface area contributed by atoms with Crippen LogP contribution in [0.5, 0.6) is 5.75 Å². The highest BCUT2D eigenvalue weighted by Crippen LogP contribution is 2.25. The number of aromatic nitrogens is 1. The fraction of sp³-hybridized carbons (Fsp3) is 0.286. The monoisotopic (exact) mass is 433 g/mol. The minimum atomic E-state index is -4.50. The van der Waals surface area contributed by atoms with E-state index in [4.69, 9.17) is 5.26 Å². The molecule has 0 atom stereocenters. The molecule has 1 heterocycles. The first kappa shape index (κ1) is 21.6. The molecule has 3 rings (SSSR count). The molecular weight excluding hydrogens is 415 g/mol. The number of benzene rings is 2. The number of hydrogen-bond acceptors (Lipinski definition) is 5. The Bertz CT molecular complexity index is 1040. The SMILES string of the molecule is N#Cc1cc(NC(=O)CCCCc2nc3ccccc3s2)ccc1OCC(F)(F)F. The van der Waals surface area contributed by atoms with E-state index >= 15 is 0 Å². The fourth-order valence-electron chi connectivity index (χ4n) is 2.79. The lowest BCUT2D eigenvalue weighted by Gasteiger charge is -2.12. The number of carbonyl (C=O) groups excluding carboxylic acids is 1. The van der Waals surface area contributed by atoms with E-state index < -0.39 is 12.8 Å². The second-order valence-electron chi connectivity index (χ2n) is 6.56. The van der Waals surface area contributed by atoms with Gasteiger partial charge in [0.1, 0.15) is 11.8 Å². The lowest BCUT2D eigenvalue weighted by atomic mass is 10.1. The van der Waals surface area contributed by atoms with Crippen molar-refractivity contribution in [3.05, 3.63) is 53.0 Å². The third kappa shape index (κ3) is 6.19. The topological polar surface area (TPSA) is 75.0 Å². The summed E-state index contributed by atoms with van der Waals surface area (Å²) in [6, 6.07) is 13.6. The van der Waals surface area contributed by atoms with Crippen molar-refractivity contribution in [2.75, 3.05) is 11.9 Å². The Hall–Kier alpha value is -3.12. The molecule has 1 amide bonds. The molecule has 1 N–H and O–H groups in total. The molecule has 0 spiro atoms. The molecule has 0 aliphatic rings. The van der Waals surface area contributed by atoms with E-state index in [9.17, 15) is 18.0 Å². The van der Waals surface area contributed by atoms with Crippen molar-refractivity contribution >= 4 is 33.1 Å². The van der Waals surface area contributed by atoms with Crippen molar-refractivity contribution in [2.45, 2.75) is 31.9 Å². The highest BCUT2D eigenvalue weighted by molar-refractivity contribution is 7.18. The zero-order valence-corrected chi connectivity index (χ0v) is 16.6. The zero-order valence-electron chi connectivity index (χ0n) is 15.8. The van der Waals surface area contributed by atoms with Gasteiger partial charge in [-0.25, -0.2) is 4.98 Å². The molecule has 156 valence electrons. The number of ether oxygens (including phenoxy) is 1. The third-order valence-corrected chi connectivity index (χ3v) is 5.25. The number of fused-ring (bicyclic) bond motifs is 1. The number of para-hydroxylation sites is 1. The maximum atomic E-state index is 12.3. The molecule has 0 aliphatic carbocycles. The first-order valence-corrected chi connectivity index (χ1v) is 10.0. The van der Waals surface area contributed by atoms with Gasteiger partial charge in [0, 0.05) is 12.1 Å². The van der Waals surface area contributed by atoms with E-state index in [2.05, 4.69) is 15.0 Å². The third-order valence-electron chi connectivity index (χ3n) is 4.16. The number of halogens is 3. The number of aryl methyl sites for hydroxylation is 1. The molecule has 2 aromatic carbocycles.